The van der Waals surface area contributed by atoms with Crippen molar-refractivity contribution in [1.82, 2.24) is 5.32 Å². The number of benzene rings is 2. The van der Waals surface area contributed by atoms with Crippen molar-refractivity contribution in [3.8, 4) is 11.5 Å². The molecule has 0 bridgehead atoms. The first-order valence-corrected chi connectivity index (χ1v) is 10.5. The highest BCUT2D eigenvalue weighted by atomic mass is 32.2. The average molecular weight is 393 g/mol. The Morgan fingerprint density at radius 3 is 2.48 bits per heavy atom. The van der Waals surface area contributed by atoms with Gasteiger partial charge in [0.25, 0.3) is 0 Å². The molecule has 7 heteroatoms. The maximum Gasteiger partial charge on any atom is 0.238 e. The number of rotatable bonds is 10. The van der Waals surface area contributed by atoms with Crippen LogP contribution in [-0.2, 0) is 16.4 Å². The zero-order valence-corrected chi connectivity index (χ0v) is 16.9. The molecule has 1 atom stereocenters. The summed E-state index contributed by atoms with van der Waals surface area (Å²) in [6.45, 7) is 5.01. The van der Waals surface area contributed by atoms with Crippen LogP contribution in [-0.4, -0.2) is 34.7 Å². The minimum absolute atomic E-state index is 0.189. The predicted octanol–water partition coefficient (Wildman–Crippen LogP) is 2.64. The van der Waals surface area contributed by atoms with Gasteiger partial charge in [-0.05, 0) is 49.1 Å². The lowest BCUT2D eigenvalue weighted by molar-refractivity contribution is 0.285. The van der Waals surface area contributed by atoms with Crippen molar-refractivity contribution >= 4 is 10.0 Å². The number of nitrogens with one attached hydrogen (secondary N) is 1. The van der Waals surface area contributed by atoms with Gasteiger partial charge in [-0.25, -0.2) is 13.6 Å². The van der Waals surface area contributed by atoms with E-state index in [1.807, 2.05) is 30.3 Å². The fraction of sp³-hybridized carbons (Fsp3) is 0.400. The summed E-state index contributed by atoms with van der Waals surface area (Å²) < 4.78 is 34.4. The van der Waals surface area contributed by atoms with Gasteiger partial charge in [0.05, 0.1) is 12.0 Å². The smallest absolute Gasteiger partial charge is 0.238 e. The van der Waals surface area contributed by atoms with Gasteiger partial charge in [0.2, 0.25) is 10.0 Å². The first-order chi connectivity index (χ1) is 12.8. The number of hydrogen-bond acceptors (Lipinski definition) is 5. The topological polar surface area (TPSA) is 90.7 Å². The number of hydrogen-bond donors (Lipinski definition) is 2. The highest BCUT2D eigenvalue weighted by Crippen LogP contribution is 2.25. The van der Waals surface area contributed by atoms with Crippen LogP contribution in [0, 0.1) is 6.92 Å². The molecule has 2 aromatic carbocycles. The molecule has 2 rings (SSSR count). The van der Waals surface area contributed by atoms with E-state index in [0.29, 0.717) is 36.6 Å². The summed E-state index contributed by atoms with van der Waals surface area (Å²) in [6, 6.07) is 13.2. The molecule has 27 heavy (non-hydrogen) atoms. The van der Waals surface area contributed by atoms with Gasteiger partial charge >= 0.3 is 0 Å². The Hall–Kier alpha value is -2.09. The number of primary sulfonamides is 1. The van der Waals surface area contributed by atoms with Gasteiger partial charge in [-0.15, -0.1) is 0 Å². The first-order valence-electron chi connectivity index (χ1n) is 8.96. The number of nitrogens with two attached hydrogens (primary N) is 1. The van der Waals surface area contributed by atoms with Crippen LogP contribution in [0.5, 0.6) is 11.5 Å². The molecule has 3 N–H and O–H groups in total. The Labute approximate surface area is 161 Å². The van der Waals surface area contributed by atoms with Gasteiger partial charge in [-0.3, -0.25) is 0 Å². The van der Waals surface area contributed by atoms with Gasteiger partial charge in [-0.2, -0.15) is 0 Å². The van der Waals surface area contributed by atoms with Gasteiger partial charge in [0.1, 0.15) is 6.61 Å². The van der Waals surface area contributed by atoms with Crippen LogP contribution < -0.4 is 19.9 Å². The van der Waals surface area contributed by atoms with Crippen LogP contribution in [0.3, 0.4) is 0 Å². The number of methoxy groups -OCH3 is 1. The lowest BCUT2D eigenvalue weighted by Crippen LogP contribution is -2.34. The van der Waals surface area contributed by atoms with Crippen molar-refractivity contribution in [2.24, 2.45) is 5.14 Å². The van der Waals surface area contributed by atoms with Crippen molar-refractivity contribution in [2.75, 3.05) is 20.3 Å². The monoisotopic (exact) mass is 392 g/mol. The molecule has 148 valence electrons. The van der Waals surface area contributed by atoms with Gasteiger partial charge < -0.3 is 14.8 Å². The summed E-state index contributed by atoms with van der Waals surface area (Å²) in [5.74, 6) is 1.42. The molecule has 0 aromatic heterocycles. The number of para-hydroxylation sites is 2. The minimum Gasteiger partial charge on any atom is -0.493 e. The average Bonchev–Trinajstić information content (AvgIpc) is 2.64. The van der Waals surface area contributed by atoms with Crippen molar-refractivity contribution in [3.63, 3.8) is 0 Å². The molecule has 2 aromatic rings. The fourth-order valence-corrected chi connectivity index (χ4v) is 3.72. The van der Waals surface area contributed by atoms with E-state index in [-0.39, 0.29) is 10.9 Å². The third-order valence-corrected chi connectivity index (χ3v) is 5.45. The standard InChI is InChI=1S/C20H28N2O4S/c1-4-17(13-16-10-9-15(2)20(14-16)27(21,23)24)22-11-12-26-19-8-6-5-7-18(19)25-3/h5-10,14,17,22H,4,11-13H2,1-3H3,(H2,21,23,24). The molecular formula is C20H28N2O4S. The maximum atomic E-state index is 11.7. The second-order valence-corrected chi connectivity index (χ2v) is 7.94. The van der Waals surface area contributed by atoms with Crippen LogP contribution in [0.1, 0.15) is 24.5 Å². The molecule has 0 radical (unpaired) electrons. The zero-order valence-electron chi connectivity index (χ0n) is 16.1. The Balaban J connectivity index is 1.91. The Morgan fingerprint density at radius 2 is 1.85 bits per heavy atom. The van der Waals surface area contributed by atoms with E-state index in [1.165, 1.54) is 0 Å². The normalized spacial score (nSPS) is 12.6. The highest BCUT2D eigenvalue weighted by Gasteiger charge is 2.14. The first kappa shape index (κ1) is 21.2. The number of sulfonamides is 1. The van der Waals surface area contributed by atoms with Crippen LogP contribution in [0.2, 0.25) is 0 Å². The quantitative estimate of drug-likeness (QED) is 0.607. The van der Waals surface area contributed by atoms with Crippen LogP contribution in [0.15, 0.2) is 47.4 Å². The minimum atomic E-state index is -3.71. The number of aryl methyl sites for hydroxylation is 1. The molecule has 0 aliphatic rings. The zero-order chi connectivity index (χ0) is 19.9. The van der Waals surface area contributed by atoms with Gasteiger partial charge in [-0.1, -0.05) is 31.2 Å². The summed E-state index contributed by atoms with van der Waals surface area (Å²) in [4.78, 5) is 0.189. The summed E-state index contributed by atoms with van der Waals surface area (Å²) in [6.07, 6.45) is 1.63. The van der Waals surface area contributed by atoms with E-state index in [9.17, 15) is 8.42 Å². The second-order valence-electron chi connectivity index (χ2n) is 6.41. The second kappa shape index (κ2) is 9.73. The molecule has 0 heterocycles. The van der Waals surface area contributed by atoms with E-state index < -0.39 is 10.0 Å². The summed E-state index contributed by atoms with van der Waals surface area (Å²) in [5, 5.41) is 8.75. The molecule has 0 fully saturated rings. The number of ether oxygens (including phenoxy) is 2. The summed E-state index contributed by atoms with van der Waals surface area (Å²) in [7, 11) is -2.09. The van der Waals surface area contributed by atoms with Crippen molar-refractivity contribution in [1.29, 1.82) is 0 Å². The highest BCUT2D eigenvalue weighted by molar-refractivity contribution is 7.89. The maximum absolute atomic E-state index is 11.7. The molecule has 0 saturated carbocycles. The van der Waals surface area contributed by atoms with E-state index in [0.717, 1.165) is 12.0 Å². The lowest BCUT2D eigenvalue weighted by atomic mass is 10.0. The van der Waals surface area contributed by atoms with Gasteiger partial charge in [0.15, 0.2) is 11.5 Å². The molecule has 0 spiro atoms. The molecular weight excluding hydrogens is 364 g/mol. The molecule has 0 aliphatic carbocycles. The molecule has 1 unspecified atom stereocenters. The SMILES string of the molecule is CCC(Cc1ccc(C)c(S(N)(=O)=O)c1)NCCOc1ccccc1OC. The summed E-state index contributed by atoms with van der Waals surface area (Å²) in [5.41, 5.74) is 1.60. The van der Waals surface area contributed by atoms with Crippen molar-refractivity contribution < 1.29 is 17.9 Å². The Morgan fingerprint density at radius 1 is 1.15 bits per heavy atom. The summed E-state index contributed by atoms with van der Waals surface area (Å²) >= 11 is 0. The van der Waals surface area contributed by atoms with Gasteiger partial charge in [0, 0.05) is 12.6 Å². The largest absolute Gasteiger partial charge is 0.493 e. The van der Waals surface area contributed by atoms with Crippen LogP contribution >= 0.6 is 0 Å². The Kier molecular flexibility index (Phi) is 7.65. The van der Waals surface area contributed by atoms with Crippen LogP contribution in [0.4, 0.5) is 0 Å². The molecule has 0 aliphatic heterocycles. The third kappa shape index (κ3) is 6.23. The van der Waals surface area contributed by atoms with Crippen molar-refractivity contribution in [3.05, 3.63) is 53.6 Å². The fourth-order valence-electron chi connectivity index (χ4n) is 2.89. The van der Waals surface area contributed by atoms with E-state index in [2.05, 4.69) is 12.2 Å². The lowest BCUT2D eigenvalue weighted by Gasteiger charge is -2.18. The Bertz CT molecular complexity index is 853. The van der Waals surface area contributed by atoms with Crippen LogP contribution in [0.25, 0.3) is 0 Å². The van der Waals surface area contributed by atoms with E-state index >= 15 is 0 Å². The molecule has 0 saturated heterocycles. The van der Waals surface area contributed by atoms with E-state index in [1.54, 1.807) is 26.2 Å². The third-order valence-electron chi connectivity index (χ3n) is 4.40. The predicted molar refractivity (Wildman–Crippen MR) is 107 cm³/mol. The van der Waals surface area contributed by atoms with Crippen molar-refractivity contribution in [2.45, 2.75) is 37.6 Å². The molecule has 6 nitrogen and oxygen atoms in total. The molecule has 0 amide bonds. The van der Waals surface area contributed by atoms with E-state index in [4.69, 9.17) is 14.6 Å².